The standard InChI is InChI=1S/C12H20N4S/c1-4-12(2,3)10(15-13)7-9-8-16-5-6-17-11(16)14-9/h5-6,8,10,15H,4,7,13H2,1-3H3. The predicted molar refractivity (Wildman–Crippen MR) is 72.0 cm³/mol. The maximum Gasteiger partial charge on any atom is 0.193 e. The van der Waals surface area contributed by atoms with E-state index in [1.54, 1.807) is 11.3 Å². The number of aromatic nitrogens is 2. The van der Waals surface area contributed by atoms with E-state index in [1.165, 1.54) is 0 Å². The number of hydrogen-bond acceptors (Lipinski definition) is 4. The van der Waals surface area contributed by atoms with Gasteiger partial charge in [-0.3, -0.25) is 15.7 Å². The summed E-state index contributed by atoms with van der Waals surface area (Å²) in [6.07, 6.45) is 6.07. The van der Waals surface area contributed by atoms with Gasteiger partial charge in [-0.05, 0) is 11.8 Å². The molecule has 0 aliphatic rings. The van der Waals surface area contributed by atoms with E-state index in [2.05, 4.69) is 41.8 Å². The van der Waals surface area contributed by atoms with Gasteiger partial charge in [-0.15, -0.1) is 11.3 Å². The number of thiazole rings is 1. The molecule has 2 aromatic heterocycles. The van der Waals surface area contributed by atoms with Crippen LogP contribution in [0.5, 0.6) is 0 Å². The highest BCUT2D eigenvalue weighted by Crippen LogP contribution is 2.27. The number of nitrogens with zero attached hydrogens (tertiary/aromatic N) is 2. The molecular weight excluding hydrogens is 232 g/mol. The van der Waals surface area contributed by atoms with Crippen LogP contribution in [0.1, 0.15) is 32.9 Å². The van der Waals surface area contributed by atoms with Crippen LogP contribution in [0, 0.1) is 5.41 Å². The highest BCUT2D eigenvalue weighted by Gasteiger charge is 2.27. The van der Waals surface area contributed by atoms with Crippen LogP contribution >= 0.6 is 11.3 Å². The maximum atomic E-state index is 5.67. The van der Waals surface area contributed by atoms with Crippen molar-refractivity contribution in [2.24, 2.45) is 11.3 Å². The minimum Gasteiger partial charge on any atom is -0.297 e. The number of nitrogens with two attached hydrogens (primary N) is 1. The lowest BCUT2D eigenvalue weighted by atomic mass is 9.80. The molecule has 0 saturated carbocycles. The summed E-state index contributed by atoms with van der Waals surface area (Å²) < 4.78 is 2.06. The third kappa shape index (κ3) is 2.51. The summed E-state index contributed by atoms with van der Waals surface area (Å²) in [6, 6.07) is 0.247. The van der Waals surface area contributed by atoms with Crippen LogP contribution in [0.3, 0.4) is 0 Å². The Morgan fingerprint density at radius 3 is 2.94 bits per heavy atom. The molecule has 0 spiro atoms. The number of nitrogens with one attached hydrogen (secondary N) is 1. The molecule has 1 unspecified atom stereocenters. The maximum absolute atomic E-state index is 5.67. The van der Waals surface area contributed by atoms with E-state index in [4.69, 9.17) is 5.84 Å². The van der Waals surface area contributed by atoms with Crippen molar-refractivity contribution in [3.63, 3.8) is 0 Å². The molecular formula is C12H20N4S. The number of imidazole rings is 1. The van der Waals surface area contributed by atoms with Gasteiger partial charge in [0.05, 0.1) is 5.69 Å². The summed E-state index contributed by atoms with van der Waals surface area (Å²) in [5, 5.41) is 2.04. The van der Waals surface area contributed by atoms with Gasteiger partial charge in [0.15, 0.2) is 4.96 Å². The number of hydrazine groups is 1. The molecule has 0 aliphatic heterocycles. The fraction of sp³-hybridized carbons (Fsp3) is 0.583. The fourth-order valence-electron chi connectivity index (χ4n) is 1.89. The van der Waals surface area contributed by atoms with E-state index in [0.29, 0.717) is 0 Å². The van der Waals surface area contributed by atoms with Crippen molar-refractivity contribution in [2.75, 3.05) is 0 Å². The van der Waals surface area contributed by atoms with Crippen molar-refractivity contribution in [2.45, 2.75) is 39.7 Å². The Morgan fingerprint density at radius 2 is 2.35 bits per heavy atom. The zero-order valence-corrected chi connectivity index (χ0v) is 11.4. The summed E-state index contributed by atoms with van der Waals surface area (Å²) >= 11 is 1.66. The Labute approximate surface area is 106 Å². The smallest absolute Gasteiger partial charge is 0.193 e. The second-order valence-corrected chi connectivity index (χ2v) is 5.96. The van der Waals surface area contributed by atoms with E-state index in [-0.39, 0.29) is 11.5 Å². The lowest BCUT2D eigenvalue weighted by Gasteiger charge is -2.32. The lowest BCUT2D eigenvalue weighted by Crippen LogP contribution is -2.47. The van der Waals surface area contributed by atoms with E-state index < -0.39 is 0 Å². The molecule has 0 amide bonds. The molecule has 0 aromatic carbocycles. The first kappa shape index (κ1) is 12.5. The summed E-state index contributed by atoms with van der Waals surface area (Å²) in [5.74, 6) is 5.67. The van der Waals surface area contributed by atoms with Gasteiger partial charge in [-0.2, -0.15) is 0 Å². The number of rotatable bonds is 5. The van der Waals surface area contributed by atoms with Crippen LogP contribution in [0.25, 0.3) is 4.96 Å². The lowest BCUT2D eigenvalue weighted by molar-refractivity contribution is 0.230. The van der Waals surface area contributed by atoms with Gasteiger partial charge >= 0.3 is 0 Å². The molecule has 0 saturated heterocycles. The summed E-state index contributed by atoms with van der Waals surface area (Å²) in [4.78, 5) is 5.64. The molecule has 94 valence electrons. The minimum absolute atomic E-state index is 0.172. The van der Waals surface area contributed by atoms with Crippen molar-refractivity contribution in [3.05, 3.63) is 23.5 Å². The Hall–Kier alpha value is -0.910. The average molecular weight is 252 g/mol. The molecule has 2 heterocycles. The van der Waals surface area contributed by atoms with E-state index in [0.717, 1.165) is 23.5 Å². The van der Waals surface area contributed by atoms with Crippen LogP contribution in [-0.2, 0) is 6.42 Å². The Bertz CT molecular complexity index is 457. The monoisotopic (exact) mass is 252 g/mol. The molecule has 1 atom stereocenters. The molecule has 0 bridgehead atoms. The number of hydrogen-bond donors (Lipinski definition) is 2. The van der Waals surface area contributed by atoms with Crippen molar-refractivity contribution in [3.8, 4) is 0 Å². The van der Waals surface area contributed by atoms with Gasteiger partial charge in [0.1, 0.15) is 0 Å². The molecule has 17 heavy (non-hydrogen) atoms. The van der Waals surface area contributed by atoms with Crippen LogP contribution in [0.15, 0.2) is 17.8 Å². The van der Waals surface area contributed by atoms with Crippen molar-refractivity contribution >= 4 is 16.3 Å². The van der Waals surface area contributed by atoms with E-state index in [9.17, 15) is 0 Å². The third-order valence-corrected chi connectivity index (χ3v) is 4.38. The summed E-state index contributed by atoms with van der Waals surface area (Å²) in [7, 11) is 0. The highest BCUT2D eigenvalue weighted by molar-refractivity contribution is 7.15. The van der Waals surface area contributed by atoms with Crippen molar-refractivity contribution in [1.29, 1.82) is 0 Å². The van der Waals surface area contributed by atoms with Gasteiger partial charge in [0, 0.05) is 30.2 Å². The molecule has 3 N–H and O–H groups in total. The number of fused-ring (bicyclic) bond motifs is 1. The SMILES string of the molecule is CCC(C)(C)C(Cc1cn2ccsc2n1)NN. The molecule has 0 fully saturated rings. The van der Waals surface area contributed by atoms with Crippen molar-refractivity contribution in [1.82, 2.24) is 14.8 Å². The first-order chi connectivity index (χ1) is 8.06. The van der Waals surface area contributed by atoms with Crippen LogP contribution in [0.4, 0.5) is 0 Å². The van der Waals surface area contributed by atoms with Gasteiger partial charge in [0.25, 0.3) is 0 Å². The largest absolute Gasteiger partial charge is 0.297 e. The second-order valence-electron chi connectivity index (χ2n) is 5.09. The van der Waals surface area contributed by atoms with Crippen molar-refractivity contribution < 1.29 is 0 Å². The van der Waals surface area contributed by atoms with Gasteiger partial charge in [0.2, 0.25) is 0 Å². The highest BCUT2D eigenvalue weighted by atomic mass is 32.1. The molecule has 4 nitrogen and oxygen atoms in total. The zero-order chi connectivity index (χ0) is 12.5. The van der Waals surface area contributed by atoms with Crippen LogP contribution in [-0.4, -0.2) is 15.4 Å². The average Bonchev–Trinajstić information content (AvgIpc) is 2.85. The first-order valence-electron chi connectivity index (χ1n) is 5.94. The quantitative estimate of drug-likeness (QED) is 0.633. The predicted octanol–water partition coefficient (Wildman–Crippen LogP) is 2.21. The molecule has 0 radical (unpaired) electrons. The van der Waals surface area contributed by atoms with E-state index >= 15 is 0 Å². The topological polar surface area (TPSA) is 55.3 Å². The van der Waals surface area contributed by atoms with Gasteiger partial charge < -0.3 is 0 Å². The van der Waals surface area contributed by atoms with Gasteiger partial charge in [-0.1, -0.05) is 20.8 Å². The third-order valence-electron chi connectivity index (χ3n) is 3.61. The van der Waals surface area contributed by atoms with Gasteiger partial charge in [-0.25, -0.2) is 4.98 Å². The summed E-state index contributed by atoms with van der Waals surface area (Å²) in [6.45, 7) is 6.65. The van der Waals surface area contributed by atoms with Crippen LogP contribution in [0.2, 0.25) is 0 Å². The normalized spacial score (nSPS) is 14.4. The van der Waals surface area contributed by atoms with E-state index in [1.807, 2.05) is 11.6 Å². The first-order valence-corrected chi connectivity index (χ1v) is 6.82. The zero-order valence-electron chi connectivity index (χ0n) is 10.6. The molecule has 2 aromatic rings. The minimum atomic E-state index is 0.172. The summed E-state index contributed by atoms with van der Waals surface area (Å²) in [5.41, 5.74) is 4.20. The molecule has 0 aliphatic carbocycles. The fourth-order valence-corrected chi connectivity index (χ4v) is 2.61. The Morgan fingerprint density at radius 1 is 1.59 bits per heavy atom. The molecule has 2 rings (SSSR count). The molecule has 5 heteroatoms. The van der Waals surface area contributed by atoms with Crippen LogP contribution < -0.4 is 11.3 Å². The Kier molecular flexibility index (Phi) is 3.51. The Balaban J connectivity index is 2.16. The second kappa shape index (κ2) is 4.76.